The molecule has 13 heteroatoms. The first-order chi connectivity index (χ1) is 23.4. The number of aliphatic hydroxyl groups is 2. The molecule has 4 aromatic rings. The van der Waals surface area contributed by atoms with Gasteiger partial charge in [-0.25, -0.2) is 13.2 Å². The third-order valence-electron chi connectivity index (χ3n) is 10.8. The summed E-state index contributed by atoms with van der Waals surface area (Å²) in [5, 5.41) is 32.9. The van der Waals surface area contributed by atoms with E-state index in [1.807, 2.05) is 0 Å². The number of nitrogens with zero attached hydrogens (tertiary/aromatic N) is 5. The number of halogens is 3. The molecule has 5 heterocycles. The number of aryl methyl sites for hydroxylation is 1. The van der Waals surface area contributed by atoms with E-state index in [9.17, 15) is 19.7 Å². The smallest absolute Gasteiger partial charge is 0.319 e. The van der Waals surface area contributed by atoms with E-state index in [1.165, 1.54) is 30.5 Å². The van der Waals surface area contributed by atoms with E-state index in [0.717, 1.165) is 25.8 Å². The molecule has 4 aliphatic rings. The number of phenols is 1. The van der Waals surface area contributed by atoms with Gasteiger partial charge in [0, 0.05) is 37.8 Å². The zero-order valence-electron chi connectivity index (χ0n) is 27.6. The fourth-order valence-corrected chi connectivity index (χ4v) is 8.46. The van der Waals surface area contributed by atoms with Crippen molar-refractivity contribution >= 4 is 27.5 Å². The van der Waals surface area contributed by atoms with Gasteiger partial charge >= 0.3 is 6.01 Å². The molecule has 4 fully saturated rings. The van der Waals surface area contributed by atoms with Gasteiger partial charge in [0.05, 0.1) is 36.8 Å². The maximum atomic E-state index is 17.0. The number of phenolic OH excluding ortho intramolecular Hbond substituents is 1. The number of ether oxygens (including phenoxy) is 2. The normalized spacial score (nSPS) is 28.0. The lowest BCUT2D eigenvalue weighted by atomic mass is 9.89. The predicted octanol–water partition coefficient (Wildman–Crippen LogP) is 4.69. The summed E-state index contributed by atoms with van der Waals surface area (Å²) < 4.78 is 58.8. The van der Waals surface area contributed by atoms with Gasteiger partial charge in [-0.3, -0.25) is 9.88 Å². The van der Waals surface area contributed by atoms with Crippen molar-refractivity contribution in [3.05, 3.63) is 47.7 Å². The van der Waals surface area contributed by atoms with E-state index in [1.54, 1.807) is 18.7 Å². The minimum atomic E-state index is -1.34. The van der Waals surface area contributed by atoms with Gasteiger partial charge in [-0.05, 0) is 72.6 Å². The highest BCUT2D eigenvalue weighted by atomic mass is 19.1. The molecule has 8 rings (SSSR count). The molecule has 1 aliphatic carbocycles. The average molecular weight is 680 g/mol. The molecular weight excluding hydrogens is 639 g/mol. The van der Waals surface area contributed by atoms with Crippen LogP contribution in [0.15, 0.2) is 30.5 Å². The van der Waals surface area contributed by atoms with Crippen molar-refractivity contribution in [2.75, 3.05) is 50.9 Å². The van der Waals surface area contributed by atoms with Crippen LogP contribution in [-0.2, 0) is 11.2 Å². The Morgan fingerprint density at radius 2 is 1.94 bits per heavy atom. The fourth-order valence-electron chi connectivity index (χ4n) is 8.46. The number of aliphatic hydroxyl groups excluding tert-OH is 1. The number of fused-ring (bicyclic) bond motifs is 3. The lowest BCUT2D eigenvalue weighted by Crippen LogP contribution is -2.44. The topological polar surface area (TPSA) is 124 Å². The van der Waals surface area contributed by atoms with Crippen molar-refractivity contribution in [3.63, 3.8) is 0 Å². The van der Waals surface area contributed by atoms with Crippen LogP contribution in [0.25, 0.3) is 32.9 Å². The van der Waals surface area contributed by atoms with Crippen LogP contribution < -0.4 is 9.64 Å². The summed E-state index contributed by atoms with van der Waals surface area (Å²) in [5.41, 5.74) is -1.36. The Balaban J connectivity index is 1.28. The standard InChI is InChI=1S/C36H40F3N5O5/c1-3-24-27(38)5-4-20-8-22(46)9-25(28(20)24)30-29(39)31-26(11-40-30)32(43-13-23(14-45)48-18-34(2,47)16-43)42-33(41-31)49-19-36-10-21(37)12-44(36)17-35(15-36)6-7-35/h4-5,8-9,11,21,23,45-47H,3,6-7,10,12-19H2,1-2H3/t21?,23-,34+,36-/m1/s1. The second kappa shape index (κ2) is 11.6. The van der Waals surface area contributed by atoms with Gasteiger partial charge in [0.25, 0.3) is 0 Å². The second-order valence-corrected chi connectivity index (χ2v) is 14.8. The minimum absolute atomic E-state index is 0.0384. The van der Waals surface area contributed by atoms with Crippen molar-refractivity contribution in [3.8, 4) is 23.0 Å². The summed E-state index contributed by atoms with van der Waals surface area (Å²) in [4.78, 5) is 17.7. The van der Waals surface area contributed by atoms with Gasteiger partial charge in [-0.15, -0.1) is 0 Å². The van der Waals surface area contributed by atoms with Crippen LogP contribution in [0, 0.1) is 17.0 Å². The number of β-amino-alcohol motifs (C(OH)–C–C–N with tert-alkyl or cyclic N) is 1. The number of hydrogen-bond acceptors (Lipinski definition) is 10. The number of hydrogen-bond donors (Lipinski definition) is 3. The van der Waals surface area contributed by atoms with Crippen LogP contribution in [-0.4, -0.2) is 105 Å². The van der Waals surface area contributed by atoms with E-state index in [-0.39, 0.29) is 78.1 Å². The van der Waals surface area contributed by atoms with Crippen molar-refractivity contribution in [1.82, 2.24) is 19.9 Å². The highest BCUT2D eigenvalue weighted by molar-refractivity contribution is 6.01. The van der Waals surface area contributed by atoms with E-state index < -0.39 is 35.1 Å². The van der Waals surface area contributed by atoms with Crippen LogP contribution in [0.4, 0.5) is 19.0 Å². The fraction of sp³-hybridized carbons (Fsp3) is 0.528. The van der Waals surface area contributed by atoms with Crippen molar-refractivity contribution in [2.24, 2.45) is 5.41 Å². The summed E-state index contributed by atoms with van der Waals surface area (Å²) in [5.74, 6) is -1.20. The Bertz CT molecular complexity index is 1960. The van der Waals surface area contributed by atoms with E-state index >= 15 is 8.78 Å². The third-order valence-corrected chi connectivity index (χ3v) is 10.8. The Morgan fingerprint density at radius 3 is 2.69 bits per heavy atom. The van der Waals surface area contributed by atoms with Gasteiger partial charge in [0.15, 0.2) is 5.82 Å². The second-order valence-electron chi connectivity index (χ2n) is 14.8. The summed E-state index contributed by atoms with van der Waals surface area (Å²) in [7, 11) is 0. The molecule has 0 bridgehead atoms. The highest BCUT2D eigenvalue weighted by Gasteiger charge is 2.62. The molecule has 1 spiro atoms. The maximum absolute atomic E-state index is 17.0. The molecule has 4 atom stereocenters. The Kier molecular flexibility index (Phi) is 7.71. The number of aromatic nitrogens is 3. The lowest BCUT2D eigenvalue weighted by molar-refractivity contribution is -0.0528. The third kappa shape index (κ3) is 5.64. The molecule has 1 saturated carbocycles. The number of rotatable bonds is 7. The number of alkyl halides is 1. The molecule has 0 radical (unpaired) electrons. The van der Waals surface area contributed by atoms with Gasteiger partial charge in [0.1, 0.15) is 47.0 Å². The SMILES string of the molecule is CCc1c(F)ccc2cc(O)cc(-c3ncc4c(N5C[C@H](CO)OC[C@@](C)(O)C5)nc(OC[C@]56CC(F)CN5CC5(CC5)C6)nc4c3F)c12. The largest absolute Gasteiger partial charge is 0.508 e. The molecule has 260 valence electrons. The van der Waals surface area contributed by atoms with Crippen LogP contribution in [0.3, 0.4) is 0 Å². The van der Waals surface area contributed by atoms with E-state index in [0.29, 0.717) is 35.7 Å². The maximum Gasteiger partial charge on any atom is 0.319 e. The zero-order chi connectivity index (χ0) is 34.3. The Hall–Kier alpha value is -3.78. The van der Waals surface area contributed by atoms with Crippen LogP contribution in [0.5, 0.6) is 11.8 Å². The van der Waals surface area contributed by atoms with E-state index in [2.05, 4.69) is 14.9 Å². The van der Waals surface area contributed by atoms with Crippen molar-refractivity contribution < 1.29 is 38.0 Å². The summed E-state index contributed by atoms with van der Waals surface area (Å²) in [6, 6.07) is 5.59. The summed E-state index contributed by atoms with van der Waals surface area (Å²) in [6.07, 6.45) is 3.47. The number of aromatic hydroxyl groups is 1. The molecule has 2 aromatic heterocycles. The zero-order valence-corrected chi connectivity index (χ0v) is 27.6. The molecule has 49 heavy (non-hydrogen) atoms. The molecule has 0 amide bonds. The molecular formula is C36H40F3N5O5. The summed E-state index contributed by atoms with van der Waals surface area (Å²) in [6.45, 7) is 4.51. The molecule has 3 saturated heterocycles. The van der Waals surface area contributed by atoms with Gasteiger partial charge in [-0.1, -0.05) is 13.0 Å². The quantitative estimate of drug-likeness (QED) is 0.254. The van der Waals surface area contributed by atoms with Crippen molar-refractivity contribution in [1.29, 1.82) is 0 Å². The number of benzene rings is 2. The molecule has 3 N–H and O–H groups in total. The molecule has 1 unspecified atom stereocenters. The Labute approximate surface area is 281 Å². The summed E-state index contributed by atoms with van der Waals surface area (Å²) >= 11 is 0. The molecule has 3 aliphatic heterocycles. The van der Waals surface area contributed by atoms with Crippen LogP contribution in [0.2, 0.25) is 0 Å². The average Bonchev–Trinajstić information content (AvgIpc) is 3.70. The first-order valence-corrected chi connectivity index (χ1v) is 16.9. The first-order valence-electron chi connectivity index (χ1n) is 16.9. The Morgan fingerprint density at radius 1 is 1.12 bits per heavy atom. The van der Waals surface area contributed by atoms with Crippen molar-refractivity contribution in [2.45, 2.75) is 69.4 Å². The first kappa shape index (κ1) is 32.4. The minimum Gasteiger partial charge on any atom is -0.508 e. The van der Waals surface area contributed by atoms with Gasteiger partial charge in [-0.2, -0.15) is 9.97 Å². The van der Waals surface area contributed by atoms with Crippen LogP contribution >= 0.6 is 0 Å². The molecule has 2 aromatic carbocycles. The highest BCUT2D eigenvalue weighted by Crippen LogP contribution is 2.60. The predicted molar refractivity (Wildman–Crippen MR) is 176 cm³/mol. The molecule has 10 nitrogen and oxygen atoms in total. The van der Waals surface area contributed by atoms with Crippen LogP contribution in [0.1, 0.15) is 45.1 Å². The van der Waals surface area contributed by atoms with E-state index in [4.69, 9.17) is 14.5 Å². The number of anilines is 1. The van der Waals surface area contributed by atoms with Gasteiger partial charge < -0.3 is 29.7 Å². The number of pyridine rings is 1. The lowest BCUT2D eigenvalue weighted by Gasteiger charge is -2.31. The monoisotopic (exact) mass is 679 g/mol. The van der Waals surface area contributed by atoms with Gasteiger partial charge in [0.2, 0.25) is 0 Å².